The molecule has 2 N–H and O–H groups in total. The number of ether oxygens (including phenoxy) is 2. The Balaban J connectivity index is 1.84. The van der Waals surface area contributed by atoms with Crippen molar-refractivity contribution in [2.45, 2.75) is 50.2 Å². The van der Waals surface area contributed by atoms with Gasteiger partial charge >= 0.3 is 0 Å². The minimum Gasteiger partial charge on any atom is -0.394 e. The monoisotopic (exact) mass is 672 g/mol. The average molecular weight is 673 g/mol. The minimum absolute atomic E-state index is 0.0297. The van der Waals surface area contributed by atoms with Gasteiger partial charge in [-0.3, -0.25) is 9.69 Å². The van der Waals surface area contributed by atoms with Crippen LogP contribution >= 0.6 is 11.6 Å². The normalized spacial score (nSPS) is 18.2. The Labute approximate surface area is 284 Å². The Bertz CT molecular complexity index is 1820. The van der Waals surface area contributed by atoms with Gasteiger partial charge in [0.2, 0.25) is 5.72 Å². The van der Waals surface area contributed by atoms with Crippen molar-refractivity contribution in [2.24, 2.45) is 7.05 Å². The maximum Gasteiger partial charge on any atom is 0.257 e. The van der Waals surface area contributed by atoms with Gasteiger partial charge in [-0.15, -0.1) is 6.58 Å². The molecule has 0 bridgehead atoms. The summed E-state index contributed by atoms with van der Waals surface area (Å²) in [6.07, 6.45) is 4.43. The molecule has 250 valence electrons. The number of aromatic nitrogens is 2. The largest absolute Gasteiger partial charge is 0.394 e. The molecule has 1 amide bonds. The zero-order chi connectivity index (χ0) is 34.6. The molecular weight excluding hydrogens is 635 g/mol. The van der Waals surface area contributed by atoms with Gasteiger partial charge in [-0.05, 0) is 60.4 Å². The zero-order valence-electron chi connectivity index (χ0n) is 27.1. The lowest BCUT2D eigenvalue weighted by atomic mass is 9.84. The molecule has 0 spiro atoms. The summed E-state index contributed by atoms with van der Waals surface area (Å²) in [5.41, 5.74) is -1.91. The number of rotatable bonds is 14. The summed E-state index contributed by atoms with van der Waals surface area (Å²) in [5, 5.41) is 32.3. The number of halogens is 2. The number of nitrogens with zero attached hydrogens (tertiary/aromatic N) is 4. The Morgan fingerprint density at radius 2 is 1.90 bits per heavy atom. The lowest BCUT2D eigenvalue weighted by Gasteiger charge is -2.45. The van der Waals surface area contributed by atoms with E-state index in [1.54, 1.807) is 79.3 Å². The molecule has 1 aliphatic heterocycles. The molecule has 9 nitrogen and oxygen atoms in total. The Morgan fingerprint density at radius 3 is 2.46 bits per heavy atom. The number of benzene rings is 3. The van der Waals surface area contributed by atoms with Crippen LogP contribution in [0, 0.1) is 17.1 Å². The van der Waals surface area contributed by atoms with Crippen LogP contribution in [0.3, 0.4) is 0 Å². The Hall–Kier alpha value is -4.37. The maximum atomic E-state index is 17.1. The van der Waals surface area contributed by atoms with E-state index in [0.717, 1.165) is 0 Å². The van der Waals surface area contributed by atoms with Crippen LogP contribution in [0.1, 0.15) is 76.6 Å². The van der Waals surface area contributed by atoms with Crippen molar-refractivity contribution < 1.29 is 28.9 Å². The number of aryl methyl sites for hydroxylation is 1. The third-order valence-corrected chi connectivity index (χ3v) is 9.07. The van der Waals surface area contributed by atoms with Gasteiger partial charge in [0.1, 0.15) is 11.4 Å². The van der Waals surface area contributed by atoms with Gasteiger partial charge in [0.05, 0.1) is 66.7 Å². The first-order valence-electron chi connectivity index (χ1n) is 15.7. The molecule has 0 saturated carbocycles. The number of aliphatic hydroxyl groups is 2. The zero-order valence-corrected chi connectivity index (χ0v) is 27.8. The van der Waals surface area contributed by atoms with Gasteiger partial charge in [0.25, 0.3) is 5.91 Å². The molecule has 1 aliphatic rings. The first kappa shape index (κ1) is 35.0. The van der Waals surface area contributed by atoms with E-state index in [1.807, 2.05) is 6.92 Å². The first-order valence-corrected chi connectivity index (χ1v) is 16.1. The summed E-state index contributed by atoms with van der Waals surface area (Å²) >= 11 is 6.31. The maximum absolute atomic E-state index is 17.1. The van der Waals surface area contributed by atoms with Gasteiger partial charge in [-0.1, -0.05) is 55.8 Å². The highest BCUT2D eigenvalue weighted by atomic mass is 35.5. The SMILES string of the molecule is C=CCOC[C@@H](c1ccc(C#N)cc1)N1C(=O)c2cc(C(O)(CC)c3cn(C)cn3)cc(F)c2[C@]1(O[C@@H](CC)CO)c1ccc(Cl)cc1. The van der Waals surface area contributed by atoms with Crippen molar-refractivity contribution >= 4 is 17.5 Å². The molecule has 0 aliphatic carbocycles. The number of hydrogen-bond donors (Lipinski definition) is 2. The summed E-state index contributed by atoms with van der Waals surface area (Å²) in [7, 11) is 1.76. The first-order chi connectivity index (χ1) is 23.1. The van der Waals surface area contributed by atoms with Gasteiger partial charge < -0.3 is 24.3 Å². The molecule has 1 unspecified atom stereocenters. The summed E-state index contributed by atoms with van der Waals surface area (Å²) in [5.74, 6) is -1.39. The molecule has 2 heterocycles. The molecule has 0 saturated heterocycles. The average Bonchev–Trinajstić information content (AvgIpc) is 3.65. The predicted octanol–water partition coefficient (Wildman–Crippen LogP) is 6.12. The summed E-state index contributed by atoms with van der Waals surface area (Å²) in [6, 6.07) is 17.2. The van der Waals surface area contributed by atoms with Crippen LogP contribution in [0.5, 0.6) is 0 Å². The Morgan fingerprint density at radius 1 is 1.19 bits per heavy atom. The van der Waals surface area contributed by atoms with E-state index >= 15 is 9.18 Å². The fraction of sp³-hybridized carbons (Fsp3) is 0.324. The van der Waals surface area contributed by atoms with Crippen LogP contribution in [-0.4, -0.2) is 56.5 Å². The van der Waals surface area contributed by atoms with Crippen molar-refractivity contribution in [1.82, 2.24) is 14.5 Å². The molecule has 48 heavy (non-hydrogen) atoms. The molecule has 0 fully saturated rings. The third-order valence-electron chi connectivity index (χ3n) is 8.81. The second kappa shape index (κ2) is 14.4. The molecular formula is C37H38ClFN4O5. The quantitative estimate of drug-likeness (QED) is 0.122. The lowest BCUT2D eigenvalue weighted by molar-refractivity contribution is -0.173. The summed E-state index contributed by atoms with van der Waals surface area (Å²) in [4.78, 5) is 20.8. The summed E-state index contributed by atoms with van der Waals surface area (Å²) in [6.45, 7) is 7.01. The highest BCUT2D eigenvalue weighted by molar-refractivity contribution is 6.30. The molecule has 4 atom stereocenters. The number of hydrogen-bond acceptors (Lipinski definition) is 7. The van der Waals surface area contributed by atoms with Crippen LogP contribution in [0.15, 0.2) is 85.8 Å². The van der Waals surface area contributed by atoms with Crippen molar-refractivity contribution in [3.63, 3.8) is 0 Å². The second-order valence-corrected chi connectivity index (χ2v) is 12.2. The van der Waals surface area contributed by atoms with E-state index in [0.29, 0.717) is 33.8 Å². The highest BCUT2D eigenvalue weighted by Gasteiger charge is 2.58. The van der Waals surface area contributed by atoms with Crippen LogP contribution in [0.4, 0.5) is 4.39 Å². The fourth-order valence-corrected chi connectivity index (χ4v) is 6.39. The van der Waals surface area contributed by atoms with Gasteiger partial charge in [0, 0.05) is 23.8 Å². The number of imidazole rings is 1. The fourth-order valence-electron chi connectivity index (χ4n) is 6.27. The smallest absolute Gasteiger partial charge is 0.257 e. The number of fused-ring (bicyclic) bond motifs is 1. The lowest BCUT2D eigenvalue weighted by Crippen LogP contribution is -2.52. The molecule has 11 heteroatoms. The predicted molar refractivity (Wildman–Crippen MR) is 178 cm³/mol. The topological polar surface area (TPSA) is 121 Å². The molecule has 3 aromatic carbocycles. The second-order valence-electron chi connectivity index (χ2n) is 11.8. The van der Waals surface area contributed by atoms with E-state index in [-0.39, 0.29) is 36.3 Å². The van der Waals surface area contributed by atoms with Crippen molar-refractivity contribution in [2.75, 3.05) is 19.8 Å². The number of nitriles is 1. The van der Waals surface area contributed by atoms with E-state index < -0.39 is 41.8 Å². The van der Waals surface area contributed by atoms with Crippen molar-refractivity contribution in [3.05, 3.63) is 136 Å². The molecule has 1 aromatic heterocycles. The van der Waals surface area contributed by atoms with Gasteiger partial charge in [0.15, 0.2) is 0 Å². The van der Waals surface area contributed by atoms with Crippen LogP contribution in [0.25, 0.3) is 0 Å². The molecule has 0 radical (unpaired) electrons. The summed E-state index contributed by atoms with van der Waals surface area (Å²) < 4.78 is 31.5. The van der Waals surface area contributed by atoms with Crippen LogP contribution in [-0.2, 0) is 27.8 Å². The van der Waals surface area contributed by atoms with E-state index in [1.165, 1.54) is 23.4 Å². The van der Waals surface area contributed by atoms with Crippen LogP contribution in [0.2, 0.25) is 5.02 Å². The van der Waals surface area contributed by atoms with E-state index in [2.05, 4.69) is 17.6 Å². The number of carbonyl (C=O) groups excluding carboxylic acids is 1. The van der Waals surface area contributed by atoms with Gasteiger partial charge in [-0.2, -0.15) is 5.26 Å². The number of carbonyl (C=O) groups is 1. The van der Waals surface area contributed by atoms with Crippen molar-refractivity contribution in [1.29, 1.82) is 5.26 Å². The van der Waals surface area contributed by atoms with Crippen molar-refractivity contribution in [3.8, 4) is 6.07 Å². The minimum atomic E-state index is -1.92. The standard InChI is InChI=1S/C37H38ClFN4O5/c1-5-16-47-22-32(25-10-8-24(19-40)9-11-25)43-35(45)30-17-27(36(46,7-3)33-20-42(4)23-41-33)18-31(39)34(30)37(43,48-29(6-2)21-44)26-12-14-28(38)15-13-26/h5,8-15,17-18,20,23,29,32,44,46H,1,6-7,16,21-22H2,2-4H3/t29-,32-,36?,37+/m0/s1. The van der Waals surface area contributed by atoms with Gasteiger partial charge in [-0.25, -0.2) is 9.37 Å². The number of amides is 1. The van der Waals surface area contributed by atoms with E-state index in [9.17, 15) is 15.5 Å². The number of aliphatic hydroxyl groups excluding tert-OH is 1. The van der Waals surface area contributed by atoms with Crippen LogP contribution < -0.4 is 0 Å². The molecule has 5 rings (SSSR count). The molecule has 4 aromatic rings. The van der Waals surface area contributed by atoms with E-state index in [4.69, 9.17) is 21.1 Å². The third kappa shape index (κ3) is 6.16. The Kier molecular flexibility index (Phi) is 10.5. The highest BCUT2D eigenvalue weighted by Crippen LogP contribution is 2.52.